The highest BCUT2D eigenvalue weighted by molar-refractivity contribution is 8.68. The summed E-state index contributed by atoms with van der Waals surface area (Å²) >= 11 is 4.03. The van der Waals surface area contributed by atoms with Gasteiger partial charge in [-0.2, -0.15) is 0 Å². The van der Waals surface area contributed by atoms with Crippen molar-refractivity contribution >= 4 is 33.4 Å². The zero-order valence-electron chi connectivity index (χ0n) is 5.52. The molecule has 0 bridgehead atoms. The molecule has 0 spiro atoms. The first-order chi connectivity index (χ1) is 5.40. The molecule has 0 aromatic carbocycles. The molecule has 0 atom stereocenters. The zero-order chi connectivity index (χ0) is 7.68. The van der Waals surface area contributed by atoms with Gasteiger partial charge in [-0.3, -0.25) is 0 Å². The lowest BCUT2D eigenvalue weighted by atomic mass is 10.3. The predicted molar refractivity (Wildman–Crippen MR) is 48.9 cm³/mol. The first-order valence-electron chi connectivity index (χ1n) is 3.05. The number of pyridine rings is 1. The van der Waals surface area contributed by atoms with Crippen molar-refractivity contribution in [3.05, 3.63) is 24.6 Å². The molecule has 2 nitrogen and oxygen atoms in total. The molecule has 0 aliphatic carbocycles. The van der Waals surface area contributed by atoms with E-state index >= 15 is 0 Å². The van der Waals surface area contributed by atoms with Crippen LogP contribution in [-0.2, 0) is 0 Å². The second-order valence-electron chi connectivity index (χ2n) is 2.07. The number of rotatable bonds is 1. The van der Waals surface area contributed by atoms with Crippen molar-refractivity contribution in [1.29, 1.82) is 0 Å². The van der Waals surface area contributed by atoms with Crippen LogP contribution in [0.25, 0.3) is 11.0 Å². The molecule has 2 aromatic heterocycles. The van der Waals surface area contributed by atoms with Gasteiger partial charge in [-0.15, -0.1) is 11.7 Å². The molecule has 0 fully saturated rings. The Morgan fingerprint density at radius 1 is 1.55 bits per heavy atom. The average molecular weight is 183 g/mol. The van der Waals surface area contributed by atoms with E-state index in [2.05, 4.69) is 16.6 Å². The summed E-state index contributed by atoms with van der Waals surface area (Å²) in [6.07, 6.45) is 3.43. The highest BCUT2D eigenvalue weighted by Crippen LogP contribution is 2.23. The van der Waals surface area contributed by atoms with Gasteiger partial charge in [0.1, 0.15) is 10.6 Å². The van der Waals surface area contributed by atoms with Crippen LogP contribution in [0.2, 0.25) is 0 Å². The lowest BCUT2D eigenvalue weighted by molar-refractivity contribution is 0.614. The number of furan rings is 1. The minimum atomic E-state index is 0.857. The molecule has 0 aliphatic rings. The van der Waals surface area contributed by atoms with Gasteiger partial charge in [0, 0.05) is 17.6 Å². The Balaban J connectivity index is 2.67. The Hall–Kier alpha value is -0.610. The van der Waals surface area contributed by atoms with Crippen molar-refractivity contribution in [2.45, 2.75) is 5.03 Å². The van der Waals surface area contributed by atoms with Crippen LogP contribution in [0.15, 0.2) is 34.0 Å². The quantitative estimate of drug-likeness (QED) is 0.544. The van der Waals surface area contributed by atoms with Crippen molar-refractivity contribution in [3.63, 3.8) is 0 Å². The summed E-state index contributed by atoms with van der Waals surface area (Å²) in [6, 6.07) is 3.75. The summed E-state index contributed by atoms with van der Waals surface area (Å²) in [5.41, 5.74) is 0.858. The van der Waals surface area contributed by atoms with Gasteiger partial charge in [-0.25, -0.2) is 4.98 Å². The molecule has 11 heavy (non-hydrogen) atoms. The monoisotopic (exact) mass is 183 g/mol. The molecule has 2 rings (SSSR count). The zero-order valence-corrected chi connectivity index (χ0v) is 7.23. The SMILES string of the molecule is SSc1cc2occc2cn1. The van der Waals surface area contributed by atoms with Crippen LogP contribution in [0.3, 0.4) is 0 Å². The largest absolute Gasteiger partial charge is 0.464 e. The Labute approximate surface area is 72.8 Å². The molecule has 0 aliphatic heterocycles. The predicted octanol–water partition coefficient (Wildman–Crippen LogP) is 2.76. The fourth-order valence-corrected chi connectivity index (χ4v) is 1.45. The molecule has 2 heterocycles. The number of hydrogen-bond donors (Lipinski definition) is 1. The summed E-state index contributed by atoms with van der Waals surface area (Å²) in [5.74, 6) is 0. The first-order valence-corrected chi connectivity index (χ1v) is 4.92. The van der Waals surface area contributed by atoms with Crippen molar-refractivity contribution in [3.8, 4) is 0 Å². The lowest BCUT2D eigenvalue weighted by Gasteiger charge is -1.91. The van der Waals surface area contributed by atoms with Crippen LogP contribution >= 0.6 is 22.5 Å². The lowest BCUT2D eigenvalue weighted by Crippen LogP contribution is -1.73. The molecule has 0 amide bonds. The van der Waals surface area contributed by atoms with Crippen molar-refractivity contribution < 1.29 is 4.42 Å². The Morgan fingerprint density at radius 3 is 3.27 bits per heavy atom. The third kappa shape index (κ3) is 1.23. The van der Waals surface area contributed by atoms with Crippen LogP contribution in [-0.4, -0.2) is 4.98 Å². The van der Waals surface area contributed by atoms with Gasteiger partial charge in [0.25, 0.3) is 0 Å². The maximum absolute atomic E-state index is 5.17. The fraction of sp³-hybridized carbons (Fsp3) is 0. The molecule has 0 N–H and O–H groups in total. The maximum Gasteiger partial charge on any atom is 0.138 e. The van der Waals surface area contributed by atoms with Gasteiger partial charge in [-0.05, 0) is 16.9 Å². The van der Waals surface area contributed by atoms with Crippen LogP contribution in [0.5, 0.6) is 0 Å². The van der Waals surface area contributed by atoms with Crippen LogP contribution < -0.4 is 0 Å². The van der Waals surface area contributed by atoms with Gasteiger partial charge in [0.2, 0.25) is 0 Å². The van der Waals surface area contributed by atoms with Gasteiger partial charge in [0.05, 0.1) is 6.26 Å². The Bertz CT molecular complexity index is 371. The summed E-state index contributed by atoms with van der Waals surface area (Å²) in [4.78, 5) is 4.12. The van der Waals surface area contributed by atoms with Gasteiger partial charge in [0.15, 0.2) is 0 Å². The Morgan fingerprint density at radius 2 is 2.45 bits per heavy atom. The van der Waals surface area contributed by atoms with Crippen molar-refractivity contribution in [2.75, 3.05) is 0 Å². The second kappa shape index (κ2) is 2.79. The average Bonchev–Trinajstić information content (AvgIpc) is 2.50. The van der Waals surface area contributed by atoms with E-state index in [-0.39, 0.29) is 0 Å². The molecule has 0 saturated heterocycles. The molecule has 0 unspecified atom stereocenters. The van der Waals surface area contributed by atoms with E-state index in [1.54, 1.807) is 12.5 Å². The molecule has 2 aromatic rings. The molecule has 4 heteroatoms. The van der Waals surface area contributed by atoms with Gasteiger partial charge < -0.3 is 4.42 Å². The molecular formula is C7H5NOS2. The second-order valence-corrected chi connectivity index (χ2v) is 3.22. The number of fused-ring (bicyclic) bond motifs is 1. The minimum Gasteiger partial charge on any atom is -0.464 e. The van der Waals surface area contributed by atoms with E-state index in [1.807, 2.05) is 12.1 Å². The highest BCUT2D eigenvalue weighted by atomic mass is 33.1. The van der Waals surface area contributed by atoms with E-state index in [9.17, 15) is 0 Å². The molecule has 0 saturated carbocycles. The van der Waals surface area contributed by atoms with Crippen LogP contribution in [0.4, 0.5) is 0 Å². The van der Waals surface area contributed by atoms with Crippen LogP contribution in [0.1, 0.15) is 0 Å². The minimum absolute atomic E-state index is 0.857. The van der Waals surface area contributed by atoms with E-state index in [4.69, 9.17) is 4.42 Å². The number of hydrogen-bond acceptors (Lipinski definition) is 4. The van der Waals surface area contributed by atoms with E-state index in [1.165, 1.54) is 10.8 Å². The molecule has 56 valence electrons. The summed E-state index contributed by atoms with van der Waals surface area (Å²) < 4.78 is 5.17. The maximum atomic E-state index is 5.17. The smallest absolute Gasteiger partial charge is 0.138 e. The van der Waals surface area contributed by atoms with Gasteiger partial charge in [-0.1, -0.05) is 0 Å². The third-order valence-corrected chi connectivity index (χ3v) is 2.38. The molecular weight excluding hydrogens is 178 g/mol. The number of nitrogens with zero attached hydrogens (tertiary/aromatic N) is 1. The Kier molecular flexibility index (Phi) is 1.79. The summed E-state index contributed by atoms with van der Waals surface area (Å²) in [7, 11) is 1.31. The van der Waals surface area contributed by atoms with E-state index < -0.39 is 0 Å². The highest BCUT2D eigenvalue weighted by Gasteiger charge is 1.98. The van der Waals surface area contributed by atoms with Crippen LogP contribution in [0, 0.1) is 0 Å². The number of aromatic nitrogens is 1. The molecule has 0 radical (unpaired) electrons. The fourth-order valence-electron chi connectivity index (χ4n) is 0.887. The van der Waals surface area contributed by atoms with E-state index in [0.29, 0.717) is 0 Å². The normalized spacial score (nSPS) is 10.6. The third-order valence-electron chi connectivity index (χ3n) is 1.41. The topological polar surface area (TPSA) is 26.0 Å². The van der Waals surface area contributed by atoms with Gasteiger partial charge >= 0.3 is 0 Å². The standard InChI is InChI=1S/C7H5NOS2/c10-11-7-3-6-5(4-8-7)1-2-9-6/h1-4,10H. The number of thiol groups is 1. The van der Waals surface area contributed by atoms with Crippen molar-refractivity contribution in [1.82, 2.24) is 4.98 Å². The summed E-state index contributed by atoms with van der Waals surface area (Å²) in [6.45, 7) is 0. The first kappa shape index (κ1) is 7.06. The summed E-state index contributed by atoms with van der Waals surface area (Å²) in [5, 5.41) is 1.88. The van der Waals surface area contributed by atoms with Crippen molar-refractivity contribution in [2.24, 2.45) is 0 Å². The van der Waals surface area contributed by atoms with E-state index in [0.717, 1.165) is 16.0 Å².